The highest BCUT2D eigenvalue weighted by Crippen LogP contribution is 2.48. The highest BCUT2D eigenvalue weighted by atomic mass is 31.2. The Kier molecular flexibility index (Phi) is 20.6. The normalized spacial score (nSPS) is 29.2. The molecule has 0 radical (unpaired) electrons. The minimum atomic E-state index is -4.74. The molecule has 2 aliphatic carbocycles. The molecule has 1 amide bonds. The Hall–Kier alpha value is -4.21. The monoisotopic (exact) mass is 1140 g/mol. The van der Waals surface area contributed by atoms with E-state index in [0.717, 1.165) is 25.9 Å². The predicted molar refractivity (Wildman–Crippen MR) is 259 cm³/mol. The van der Waals surface area contributed by atoms with E-state index in [4.69, 9.17) is 48.3 Å². The highest BCUT2D eigenvalue weighted by Gasteiger charge is 2.55. The molecule has 2 saturated carbocycles. The van der Waals surface area contributed by atoms with Gasteiger partial charge in [0.2, 0.25) is 0 Å². The molecule has 2 unspecified atom stereocenters. The molecule has 0 aromatic carbocycles. The Morgan fingerprint density at radius 1 is 0.803 bits per heavy atom. The van der Waals surface area contributed by atoms with Gasteiger partial charge in [-0.2, -0.15) is 0 Å². The van der Waals surface area contributed by atoms with Crippen LogP contribution in [0.25, 0.3) is 11.2 Å². The van der Waals surface area contributed by atoms with Gasteiger partial charge in [0.15, 0.2) is 29.0 Å². The van der Waals surface area contributed by atoms with E-state index >= 15 is 0 Å². The molecule has 8 rings (SSSR count). The van der Waals surface area contributed by atoms with Gasteiger partial charge in [-0.25, -0.2) is 33.4 Å². The van der Waals surface area contributed by atoms with Gasteiger partial charge in [0.05, 0.1) is 50.4 Å². The third-order valence-corrected chi connectivity index (χ3v) is 14.0. The summed E-state index contributed by atoms with van der Waals surface area (Å²) in [5, 5.41) is 46.2. The number of fused-ring (bicyclic) bond motifs is 2. The van der Waals surface area contributed by atoms with Crippen molar-refractivity contribution in [3.05, 3.63) is 70.4 Å². The molecule has 4 fully saturated rings. The Morgan fingerprint density at radius 3 is 2.08 bits per heavy atom. The first kappa shape index (κ1) is 61.0. The van der Waals surface area contributed by atoms with Crippen LogP contribution in [0.2, 0.25) is 0 Å². The Bertz CT molecular complexity index is 2760. The molecule has 6 heterocycles. The quantitative estimate of drug-likeness (QED) is 0.0453. The Labute approximate surface area is 432 Å². The number of hydrogen-bond donors (Lipinski definition) is 13. The maximum absolute atomic E-state index is 12.1. The molecule has 2 saturated heterocycles. The van der Waals surface area contributed by atoms with Gasteiger partial charge >= 0.3 is 29.2 Å². The number of aromatic nitrogens is 6. The lowest BCUT2D eigenvalue weighted by Crippen LogP contribution is -2.45. The first-order chi connectivity index (χ1) is 35.6. The largest absolute Gasteiger partial charge is 0.469 e. The first-order valence-electron chi connectivity index (χ1n) is 23.7. The van der Waals surface area contributed by atoms with Gasteiger partial charge in [-0.15, -0.1) is 0 Å². The number of imidazole rings is 1. The molecule has 0 spiro atoms. The van der Waals surface area contributed by atoms with Crippen molar-refractivity contribution in [3.63, 3.8) is 0 Å². The van der Waals surface area contributed by atoms with Gasteiger partial charge in [0.25, 0.3) is 11.5 Å². The van der Waals surface area contributed by atoms with Crippen molar-refractivity contribution < 1.29 is 101 Å². The van der Waals surface area contributed by atoms with Crippen molar-refractivity contribution >= 4 is 46.4 Å². The molecule has 35 heteroatoms. The number of unbranched alkanes of at least 4 members (excludes halogenated alkanes) is 1. The van der Waals surface area contributed by atoms with Crippen molar-refractivity contribution in [1.29, 1.82) is 0 Å². The van der Waals surface area contributed by atoms with Crippen LogP contribution in [-0.4, -0.2) is 184 Å². The number of carbonyl (C=O) groups is 1. The fourth-order valence-corrected chi connectivity index (χ4v) is 10.2. The van der Waals surface area contributed by atoms with Gasteiger partial charge in [0, 0.05) is 56.1 Å². The molecule has 426 valence electrons. The number of carbonyl (C=O) groups excluding carboxylic acids is 1. The topological polar surface area (TPSA) is 461 Å². The van der Waals surface area contributed by atoms with Crippen molar-refractivity contribution in [1.82, 2.24) is 39.3 Å². The standard InChI is InChI=1S/C17H28N5O8P.C13H19N2O8P.C11H17N2O7P/c1-2-3-6-28-7-4-5-18-15-12-16(20-9-19-15)22(10-21-12)17-14(24)13(23)11(30-17)8-29-31(25,26)27;1-13(2)22-10-7(6-21-24(18,19)20)5-8(11(10)23-13)15-4-3-9(16)14-12(15)17;1-6-12-9(14)2-3-13(6)8-4-7(10(15)11(8)16)5-20-21(17,18)19/h9-11,13-14,17,23-24H,2-8H2,1H3,(H,18,19,20)(H2,25,26,27);3-4,7-8,10-11H,5-6H2,1-2H3,(H,14,16,17)(H2,18,19,20);2-3,7-8,10-11,15-16H,1,4-5H2,(H,12,14)(H2,17,18,19)/t11-,13-,14-,17-;2*7-,8-,10-,11?/m111/s1. The van der Waals surface area contributed by atoms with Gasteiger partial charge in [-0.1, -0.05) is 19.9 Å². The van der Waals surface area contributed by atoms with Crippen molar-refractivity contribution in [2.45, 2.75) is 120 Å². The number of rotatable bonds is 20. The molecule has 3 aromatic rings. The third kappa shape index (κ3) is 16.4. The number of nitrogens with one attached hydrogen (secondary N) is 3. The van der Waals surface area contributed by atoms with Crippen LogP contribution in [0.3, 0.4) is 0 Å². The molecule has 32 nitrogen and oxygen atoms in total. The van der Waals surface area contributed by atoms with Gasteiger partial charge in [-0.3, -0.25) is 37.3 Å². The van der Waals surface area contributed by atoms with E-state index < -0.39 is 114 Å². The number of phosphoric ester groups is 3. The van der Waals surface area contributed by atoms with Crippen LogP contribution in [0.4, 0.5) is 5.82 Å². The lowest BCUT2D eigenvalue weighted by Gasteiger charge is -2.33. The fraction of sp³-hybridized carbons (Fsp3) is 0.659. The maximum Gasteiger partial charge on any atom is 0.469 e. The Balaban J connectivity index is 0.000000189. The second kappa shape index (κ2) is 25.7. The lowest BCUT2D eigenvalue weighted by atomic mass is 10.1. The van der Waals surface area contributed by atoms with E-state index in [-0.39, 0.29) is 37.3 Å². The second-order valence-electron chi connectivity index (χ2n) is 18.5. The number of amides is 1. The smallest absolute Gasteiger partial charge is 0.390 e. The lowest BCUT2D eigenvalue weighted by molar-refractivity contribution is -0.161. The van der Waals surface area contributed by atoms with Crippen molar-refractivity contribution in [2.75, 3.05) is 44.9 Å². The third-order valence-electron chi connectivity index (χ3n) is 12.5. The van der Waals surface area contributed by atoms with Crippen LogP contribution in [-0.2, 0) is 51.0 Å². The zero-order valence-corrected chi connectivity index (χ0v) is 43.9. The number of H-pyrrole nitrogens is 1. The number of hydrogen-bond acceptors (Lipinski definition) is 22. The van der Waals surface area contributed by atoms with E-state index in [1.54, 1.807) is 13.8 Å². The summed E-state index contributed by atoms with van der Waals surface area (Å²) in [6, 6.07) is 0.220. The summed E-state index contributed by atoms with van der Waals surface area (Å²) in [6.07, 6.45) is 1.97. The summed E-state index contributed by atoms with van der Waals surface area (Å²) in [6.45, 7) is 10.0. The number of aliphatic hydroxyl groups excluding tert-OH is 4. The second-order valence-corrected chi connectivity index (χ2v) is 22.3. The molecule has 5 aliphatic rings. The minimum absolute atomic E-state index is 0.223. The zero-order chi connectivity index (χ0) is 55.9. The van der Waals surface area contributed by atoms with Crippen molar-refractivity contribution in [3.8, 4) is 0 Å². The summed E-state index contributed by atoms with van der Waals surface area (Å²) in [5.74, 6) is -1.47. The number of ether oxygens (including phenoxy) is 4. The molecule has 0 bridgehead atoms. The summed E-state index contributed by atoms with van der Waals surface area (Å²) in [5.41, 5.74) is -0.258. The van der Waals surface area contributed by atoms with E-state index in [9.17, 15) is 48.5 Å². The number of anilines is 1. The predicted octanol–water partition coefficient (Wildman–Crippen LogP) is -1.48. The van der Waals surface area contributed by atoms with Crippen LogP contribution < -0.4 is 21.9 Å². The van der Waals surface area contributed by atoms with E-state index in [1.165, 1.54) is 51.2 Å². The zero-order valence-electron chi connectivity index (χ0n) is 41.2. The van der Waals surface area contributed by atoms with Crippen LogP contribution in [0.15, 0.2) is 59.2 Å². The van der Waals surface area contributed by atoms with E-state index in [0.29, 0.717) is 36.6 Å². The molecule has 76 heavy (non-hydrogen) atoms. The summed E-state index contributed by atoms with van der Waals surface area (Å²) >= 11 is 0. The van der Waals surface area contributed by atoms with E-state index in [1.807, 2.05) is 0 Å². The summed E-state index contributed by atoms with van der Waals surface area (Å²) in [7, 11) is -14.0. The number of aliphatic hydroxyl groups is 4. The molecule has 3 aliphatic heterocycles. The number of phosphoric acid groups is 3. The van der Waals surface area contributed by atoms with Crippen LogP contribution >= 0.6 is 23.5 Å². The van der Waals surface area contributed by atoms with Crippen LogP contribution in [0.1, 0.15) is 65.1 Å². The first-order valence-corrected chi connectivity index (χ1v) is 28.3. The van der Waals surface area contributed by atoms with Crippen molar-refractivity contribution in [2.24, 2.45) is 11.8 Å². The van der Waals surface area contributed by atoms with Gasteiger partial charge in [0.1, 0.15) is 42.7 Å². The van der Waals surface area contributed by atoms with Crippen LogP contribution in [0.5, 0.6) is 0 Å². The average Bonchev–Trinajstić information content (AvgIpc) is 4.12. The van der Waals surface area contributed by atoms with Crippen LogP contribution in [0, 0.1) is 11.8 Å². The average molecular weight is 1140 g/mol. The van der Waals surface area contributed by atoms with Gasteiger partial charge < -0.3 is 84.3 Å². The number of aromatic amines is 1. The summed E-state index contributed by atoms with van der Waals surface area (Å²) in [4.78, 5) is 104. The highest BCUT2D eigenvalue weighted by molar-refractivity contribution is 7.46. The minimum Gasteiger partial charge on any atom is -0.390 e. The van der Waals surface area contributed by atoms with Gasteiger partial charge in [-0.05, 0) is 39.5 Å². The maximum atomic E-state index is 12.1. The molecule has 13 N–H and O–H groups in total. The molecule has 12 atom stereocenters. The Morgan fingerprint density at radius 2 is 1.43 bits per heavy atom. The SMILES string of the molecule is C=C1NC(=O)C=CN1[C@@H]1C[C@H](COP(=O)(O)O)[C@@H](O)C1O.CC1(C)OC2[C@H](n3ccc(=O)[nH]c3=O)C[C@H](COP(=O)(O)O)[C@H]2O1.CCCCOCCCNc1ncnc2c1ncn2[C@@H]1O[C@H](COP(=O)(O)O)[C@@H](O)[C@H]1O. The van der Waals surface area contributed by atoms with E-state index in [2.05, 4.69) is 57.6 Å². The summed E-state index contributed by atoms with van der Waals surface area (Å²) < 4.78 is 71.5. The molecular formula is C41H64N9O23P3. The number of nitrogens with zero attached hydrogens (tertiary/aromatic N) is 6. The molecular weight excluding hydrogens is 1080 g/mol. The fourth-order valence-electron chi connectivity index (χ4n) is 9.07. The molecule has 3 aromatic heterocycles.